The summed E-state index contributed by atoms with van der Waals surface area (Å²) in [7, 11) is 0. The number of carbonyl (C=O) groups is 1. The number of aromatic carboxylic acids is 1. The minimum absolute atomic E-state index is 0.209. The molecular weight excluding hydrogens is 298 g/mol. The summed E-state index contributed by atoms with van der Waals surface area (Å²) >= 11 is 1.10. The number of thiazole rings is 1. The molecule has 3 rings (SSSR count). The number of benzene rings is 1. The van der Waals surface area contributed by atoms with Crippen molar-refractivity contribution in [1.82, 2.24) is 9.97 Å². The second kappa shape index (κ2) is 5.95. The van der Waals surface area contributed by atoms with Gasteiger partial charge in [-0.1, -0.05) is 47.7 Å². The number of carboxylic acids is 1. The fourth-order valence-electron chi connectivity index (χ4n) is 1.96. The van der Waals surface area contributed by atoms with Gasteiger partial charge in [0.05, 0.1) is 5.69 Å². The van der Waals surface area contributed by atoms with Crippen LogP contribution in [0.15, 0.2) is 48.7 Å². The summed E-state index contributed by atoms with van der Waals surface area (Å²) in [5.74, 6) is -0.350. The monoisotopic (exact) mass is 311 g/mol. The van der Waals surface area contributed by atoms with Crippen LogP contribution in [0.25, 0.3) is 11.3 Å². The number of aryl methyl sites for hydroxylation is 1. The highest BCUT2D eigenvalue weighted by Crippen LogP contribution is 2.32. The molecule has 0 aliphatic carbocycles. The number of aromatic nitrogens is 2. The van der Waals surface area contributed by atoms with Crippen LogP contribution in [0.4, 0.5) is 10.9 Å². The molecule has 1 aromatic carbocycles. The third-order valence-corrected chi connectivity index (χ3v) is 3.97. The third kappa shape index (κ3) is 2.96. The second-order valence-corrected chi connectivity index (χ2v) is 5.71. The Bertz CT molecular complexity index is 798. The predicted molar refractivity (Wildman–Crippen MR) is 86.8 cm³/mol. The van der Waals surface area contributed by atoms with Crippen molar-refractivity contribution >= 4 is 28.3 Å². The summed E-state index contributed by atoms with van der Waals surface area (Å²) in [6.45, 7) is 1.95. The van der Waals surface area contributed by atoms with Gasteiger partial charge in [-0.15, -0.1) is 0 Å². The zero-order valence-electron chi connectivity index (χ0n) is 11.8. The van der Waals surface area contributed by atoms with Gasteiger partial charge in [-0.25, -0.2) is 14.8 Å². The van der Waals surface area contributed by atoms with E-state index in [-0.39, 0.29) is 4.88 Å². The van der Waals surface area contributed by atoms with Crippen molar-refractivity contribution in [2.75, 3.05) is 5.32 Å². The summed E-state index contributed by atoms with van der Waals surface area (Å²) in [5.41, 5.74) is 2.30. The molecule has 0 radical (unpaired) electrons. The normalized spacial score (nSPS) is 10.4. The smallest absolute Gasteiger partial charge is 0.348 e. The number of rotatable bonds is 4. The SMILES string of the molecule is Cc1ccc(Nc2nc(-c3ccccc3)c(C(=O)O)s2)nc1. The molecule has 22 heavy (non-hydrogen) atoms. The Labute approximate surface area is 131 Å². The van der Waals surface area contributed by atoms with E-state index < -0.39 is 5.97 Å². The predicted octanol–water partition coefficient (Wildman–Crippen LogP) is 3.96. The Hall–Kier alpha value is -2.73. The third-order valence-electron chi connectivity index (χ3n) is 3.01. The maximum atomic E-state index is 11.4. The summed E-state index contributed by atoms with van der Waals surface area (Å²) < 4.78 is 0. The van der Waals surface area contributed by atoms with E-state index in [0.29, 0.717) is 16.6 Å². The Morgan fingerprint density at radius 2 is 1.95 bits per heavy atom. The molecule has 3 aromatic rings. The Kier molecular flexibility index (Phi) is 3.84. The van der Waals surface area contributed by atoms with Gasteiger partial charge in [0.15, 0.2) is 5.13 Å². The highest BCUT2D eigenvalue weighted by Gasteiger charge is 2.18. The summed E-state index contributed by atoms with van der Waals surface area (Å²) in [4.78, 5) is 20.3. The first-order valence-electron chi connectivity index (χ1n) is 6.63. The van der Waals surface area contributed by atoms with Gasteiger partial charge in [0.25, 0.3) is 0 Å². The topological polar surface area (TPSA) is 75.1 Å². The summed E-state index contributed by atoms with van der Waals surface area (Å²) in [6, 6.07) is 13.0. The average molecular weight is 311 g/mol. The van der Waals surface area contributed by atoms with Gasteiger partial charge in [0.2, 0.25) is 0 Å². The highest BCUT2D eigenvalue weighted by atomic mass is 32.1. The van der Waals surface area contributed by atoms with Crippen molar-refractivity contribution in [3.8, 4) is 11.3 Å². The van der Waals surface area contributed by atoms with Crippen molar-refractivity contribution in [3.05, 3.63) is 59.1 Å². The van der Waals surface area contributed by atoms with E-state index in [9.17, 15) is 9.90 Å². The number of hydrogen-bond donors (Lipinski definition) is 2. The molecule has 0 saturated heterocycles. The number of nitrogens with zero attached hydrogens (tertiary/aromatic N) is 2. The van der Waals surface area contributed by atoms with Crippen LogP contribution >= 0.6 is 11.3 Å². The maximum Gasteiger partial charge on any atom is 0.348 e. The minimum Gasteiger partial charge on any atom is -0.477 e. The van der Waals surface area contributed by atoms with Crippen LogP contribution in [-0.4, -0.2) is 21.0 Å². The van der Waals surface area contributed by atoms with Crippen molar-refractivity contribution in [2.24, 2.45) is 0 Å². The molecule has 0 unspecified atom stereocenters. The van der Waals surface area contributed by atoms with Crippen molar-refractivity contribution < 1.29 is 9.90 Å². The first kappa shape index (κ1) is 14.2. The molecule has 110 valence electrons. The quantitative estimate of drug-likeness (QED) is 0.763. The maximum absolute atomic E-state index is 11.4. The van der Waals surface area contributed by atoms with E-state index in [1.165, 1.54) is 0 Å². The van der Waals surface area contributed by atoms with E-state index in [4.69, 9.17) is 0 Å². The van der Waals surface area contributed by atoms with Crippen LogP contribution in [0, 0.1) is 6.92 Å². The Morgan fingerprint density at radius 1 is 1.18 bits per heavy atom. The molecule has 2 aromatic heterocycles. The Balaban J connectivity index is 1.97. The van der Waals surface area contributed by atoms with Crippen LogP contribution in [0.3, 0.4) is 0 Å². The van der Waals surface area contributed by atoms with Gasteiger partial charge < -0.3 is 10.4 Å². The van der Waals surface area contributed by atoms with Gasteiger partial charge in [-0.3, -0.25) is 0 Å². The first-order valence-corrected chi connectivity index (χ1v) is 7.44. The minimum atomic E-state index is -0.985. The van der Waals surface area contributed by atoms with Crippen LogP contribution in [0.5, 0.6) is 0 Å². The van der Waals surface area contributed by atoms with E-state index in [1.54, 1.807) is 6.20 Å². The molecule has 0 amide bonds. The molecule has 0 aliphatic rings. The lowest BCUT2D eigenvalue weighted by Crippen LogP contribution is -1.95. The first-order chi connectivity index (χ1) is 10.6. The van der Waals surface area contributed by atoms with E-state index in [2.05, 4.69) is 15.3 Å². The molecule has 0 saturated carbocycles. The molecular formula is C16H13N3O2S. The number of hydrogen-bond acceptors (Lipinski definition) is 5. The molecule has 6 heteroatoms. The largest absolute Gasteiger partial charge is 0.477 e. The zero-order chi connectivity index (χ0) is 15.5. The van der Waals surface area contributed by atoms with Gasteiger partial charge in [-0.2, -0.15) is 0 Å². The lowest BCUT2D eigenvalue weighted by atomic mass is 10.1. The molecule has 0 spiro atoms. The van der Waals surface area contributed by atoms with Gasteiger partial charge in [-0.05, 0) is 18.6 Å². The van der Waals surface area contributed by atoms with Crippen LogP contribution in [-0.2, 0) is 0 Å². The van der Waals surface area contributed by atoms with Gasteiger partial charge in [0.1, 0.15) is 10.7 Å². The molecule has 0 fully saturated rings. The van der Waals surface area contributed by atoms with Crippen molar-refractivity contribution in [3.63, 3.8) is 0 Å². The molecule has 5 nitrogen and oxygen atoms in total. The molecule has 0 bridgehead atoms. The molecule has 0 atom stereocenters. The highest BCUT2D eigenvalue weighted by molar-refractivity contribution is 7.17. The standard InChI is InChI=1S/C16H13N3O2S/c1-10-7-8-12(17-9-10)18-16-19-13(14(22-16)15(20)21)11-5-3-2-4-6-11/h2-9H,1H3,(H,20,21)(H,17,18,19). The fourth-order valence-corrected chi connectivity index (χ4v) is 2.79. The van der Waals surface area contributed by atoms with Gasteiger partial charge >= 0.3 is 5.97 Å². The molecule has 0 aliphatic heterocycles. The van der Waals surface area contributed by atoms with Crippen molar-refractivity contribution in [1.29, 1.82) is 0 Å². The number of carboxylic acid groups (broad SMARTS) is 1. The lowest BCUT2D eigenvalue weighted by molar-refractivity contribution is 0.0702. The fraction of sp³-hybridized carbons (Fsp3) is 0.0625. The summed E-state index contributed by atoms with van der Waals surface area (Å²) in [5, 5.41) is 12.9. The van der Waals surface area contributed by atoms with E-state index >= 15 is 0 Å². The van der Waals surface area contributed by atoms with Gasteiger partial charge in [0, 0.05) is 11.8 Å². The van der Waals surface area contributed by atoms with E-state index in [0.717, 1.165) is 22.5 Å². The Morgan fingerprint density at radius 3 is 2.59 bits per heavy atom. The lowest BCUT2D eigenvalue weighted by Gasteiger charge is -2.01. The average Bonchev–Trinajstić information content (AvgIpc) is 2.95. The number of anilines is 2. The van der Waals surface area contributed by atoms with Crippen LogP contribution in [0.2, 0.25) is 0 Å². The zero-order valence-corrected chi connectivity index (χ0v) is 12.6. The number of pyridine rings is 1. The van der Waals surface area contributed by atoms with Crippen molar-refractivity contribution in [2.45, 2.75) is 6.92 Å². The summed E-state index contributed by atoms with van der Waals surface area (Å²) in [6.07, 6.45) is 1.74. The second-order valence-electron chi connectivity index (χ2n) is 4.71. The van der Waals surface area contributed by atoms with E-state index in [1.807, 2.05) is 49.4 Å². The molecule has 2 N–H and O–H groups in total. The van der Waals surface area contributed by atoms with Crippen LogP contribution in [0.1, 0.15) is 15.2 Å². The molecule has 2 heterocycles. The van der Waals surface area contributed by atoms with Crippen LogP contribution < -0.4 is 5.32 Å². The number of nitrogens with one attached hydrogen (secondary N) is 1.